The zero-order valence-electron chi connectivity index (χ0n) is 12.5. The molecule has 21 heavy (non-hydrogen) atoms. The predicted molar refractivity (Wildman–Crippen MR) is 90.0 cm³/mol. The Morgan fingerprint density at radius 2 is 1.81 bits per heavy atom. The summed E-state index contributed by atoms with van der Waals surface area (Å²) in [7, 11) is 0. The lowest BCUT2D eigenvalue weighted by Crippen LogP contribution is -2.33. The normalized spacial score (nSPS) is 16.7. The topological polar surface area (TPSA) is 46.3 Å². The summed E-state index contributed by atoms with van der Waals surface area (Å²) in [6, 6.07) is 6.19. The molecular weight excluding hydrogens is 280 g/mol. The highest BCUT2D eigenvalue weighted by molar-refractivity contribution is 7.21. The van der Waals surface area contributed by atoms with Gasteiger partial charge in [-0.05, 0) is 31.4 Å². The molecule has 1 amide bonds. The maximum atomic E-state index is 12.8. The molecule has 2 aromatic rings. The van der Waals surface area contributed by atoms with Gasteiger partial charge in [-0.1, -0.05) is 31.4 Å². The van der Waals surface area contributed by atoms with Crippen LogP contribution in [-0.2, 0) is 0 Å². The fraction of sp³-hybridized carbons (Fsp3) is 0.471. The molecule has 112 valence electrons. The van der Waals surface area contributed by atoms with Crippen LogP contribution >= 0.6 is 11.3 Å². The van der Waals surface area contributed by atoms with Crippen LogP contribution < -0.4 is 5.73 Å². The van der Waals surface area contributed by atoms with Gasteiger partial charge in [0.05, 0.1) is 5.69 Å². The number of rotatable bonds is 1. The molecule has 0 saturated carbocycles. The zero-order valence-corrected chi connectivity index (χ0v) is 13.3. The molecule has 4 heteroatoms. The van der Waals surface area contributed by atoms with E-state index in [-0.39, 0.29) is 5.91 Å². The second kappa shape index (κ2) is 6.06. The molecule has 0 radical (unpaired) electrons. The van der Waals surface area contributed by atoms with Gasteiger partial charge in [0.25, 0.3) is 5.91 Å². The van der Waals surface area contributed by atoms with Gasteiger partial charge in [0.15, 0.2) is 0 Å². The number of nitrogens with zero attached hydrogens (tertiary/aromatic N) is 1. The van der Waals surface area contributed by atoms with Gasteiger partial charge in [0, 0.05) is 23.2 Å². The standard InChI is InChI=1S/C17H22N2OS/c1-12-7-8-13-14(11-12)21-16(15(13)18)17(20)19-9-5-3-2-4-6-10-19/h7-8,11H,2-6,9-10,18H2,1H3. The highest BCUT2D eigenvalue weighted by atomic mass is 32.1. The number of amides is 1. The van der Waals surface area contributed by atoms with Crippen LogP contribution in [0.1, 0.15) is 47.3 Å². The lowest BCUT2D eigenvalue weighted by atomic mass is 10.1. The lowest BCUT2D eigenvalue weighted by Gasteiger charge is -2.24. The summed E-state index contributed by atoms with van der Waals surface area (Å²) in [6.45, 7) is 3.80. The van der Waals surface area contributed by atoms with Crippen molar-refractivity contribution in [1.82, 2.24) is 4.90 Å². The van der Waals surface area contributed by atoms with E-state index in [1.807, 2.05) is 11.0 Å². The molecule has 0 spiro atoms. The summed E-state index contributed by atoms with van der Waals surface area (Å²) in [5.41, 5.74) is 8.09. The van der Waals surface area contributed by atoms with E-state index in [2.05, 4.69) is 19.1 Å². The highest BCUT2D eigenvalue weighted by Crippen LogP contribution is 2.35. The monoisotopic (exact) mass is 302 g/mol. The van der Waals surface area contributed by atoms with Crippen molar-refractivity contribution in [2.75, 3.05) is 18.8 Å². The summed E-state index contributed by atoms with van der Waals surface area (Å²) in [6.07, 6.45) is 5.97. The minimum Gasteiger partial charge on any atom is -0.397 e. The fourth-order valence-corrected chi connectivity index (χ4v) is 4.17. The summed E-state index contributed by atoms with van der Waals surface area (Å²) in [4.78, 5) is 15.5. The van der Waals surface area contributed by atoms with Crippen LogP contribution in [0.25, 0.3) is 10.1 Å². The Hall–Kier alpha value is -1.55. The van der Waals surface area contributed by atoms with Crippen LogP contribution in [0.5, 0.6) is 0 Å². The third-order valence-corrected chi connectivity index (χ3v) is 5.38. The van der Waals surface area contributed by atoms with Crippen molar-refractivity contribution in [3.8, 4) is 0 Å². The minimum absolute atomic E-state index is 0.119. The second-order valence-electron chi connectivity index (χ2n) is 5.90. The first kappa shape index (κ1) is 14.4. The van der Waals surface area contributed by atoms with Gasteiger partial charge in [-0.3, -0.25) is 4.79 Å². The number of likely N-dealkylation sites (tertiary alicyclic amines) is 1. The van der Waals surface area contributed by atoms with E-state index in [9.17, 15) is 4.79 Å². The number of anilines is 1. The Labute approximate surface area is 129 Å². The largest absolute Gasteiger partial charge is 0.397 e. The molecule has 0 unspecified atom stereocenters. The molecule has 3 rings (SSSR count). The van der Waals surface area contributed by atoms with Gasteiger partial charge in [-0.2, -0.15) is 0 Å². The summed E-state index contributed by atoms with van der Waals surface area (Å²) >= 11 is 1.54. The summed E-state index contributed by atoms with van der Waals surface area (Å²) in [5.74, 6) is 0.119. The molecule has 1 aromatic heterocycles. The molecule has 1 fully saturated rings. The van der Waals surface area contributed by atoms with Crippen molar-refractivity contribution in [3.63, 3.8) is 0 Å². The predicted octanol–water partition coefficient (Wildman–Crippen LogP) is 4.20. The smallest absolute Gasteiger partial charge is 0.266 e. The number of benzene rings is 1. The molecule has 0 aliphatic carbocycles. The van der Waals surface area contributed by atoms with Crippen molar-refractivity contribution in [1.29, 1.82) is 0 Å². The Kier molecular flexibility index (Phi) is 4.15. The SMILES string of the molecule is Cc1ccc2c(N)c(C(=O)N3CCCCCCC3)sc2c1. The van der Waals surface area contributed by atoms with E-state index < -0.39 is 0 Å². The molecule has 0 atom stereocenters. The minimum atomic E-state index is 0.119. The molecule has 0 bridgehead atoms. The quantitative estimate of drug-likeness (QED) is 0.858. The van der Waals surface area contributed by atoms with Crippen LogP contribution in [0.15, 0.2) is 18.2 Å². The van der Waals surface area contributed by atoms with Crippen LogP contribution in [0.3, 0.4) is 0 Å². The lowest BCUT2D eigenvalue weighted by molar-refractivity contribution is 0.0748. The van der Waals surface area contributed by atoms with Gasteiger partial charge in [-0.25, -0.2) is 0 Å². The summed E-state index contributed by atoms with van der Waals surface area (Å²) in [5, 5.41) is 1.01. The Morgan fingerprint density at radius 1 is 1.14 bits per heavy atom. The van der Waals surface area contributed by atoms with E-state index in [4.69, 9.17) is 5.73 Å². The molecule has 3 nitrogen and oxygen atoms in total. The van der Waals surface area contributed by atoms with Crippen LogP contribution in [-0.4, -0.2) is 23.9 Å². The van der Waals surface area contributed by atoms with E-state index in [0.717, 1.165) is 40.9 Å². The van der Waals surface area contributed by atoms with Gasteiger partial charge in [0.1, 0.15) is 4.88 Å². The molecule has 1 saturated heterocycles. The van der Waals surface area contributed by atoms with Crippen LogP contribution in [0.4, 0.5) is 5.69 Å². The molecule has 2 heterocycles. The molecule has 1 aliphatic rings. The number of thiophene rings is 1. The first-order valence-corrected chi connectivity index (χ1v) is 8.56. The van der Waals surface area contributed by atoms with Crippen molar-refractivity contribution >= 4 is 33.0 Å². The molecular formula is C17H22N2OS. The first-order chi connectivity index (χ1) is 10.2. The number of carbonyl (C=O) groups is 1. The number of aryl methyl sites for hydroxylation is 1. The van der Waals surface area contributed by atoms with Crippen molar-refractivity contribution in [2.45, 2.75) is 39.0 Å². The number of nitrogen functional groups attached to an aromatic ring is 1. The number of carbonyl (C=O) groups excluding carboxylic acids is 1. The number of nitrogens with two attached hydrogens (primary N) is 1. The second-order valence-corrected chi connectivity index (χ2v) is 6.96. The molecule has 1 aliphatic heterocycles. The Morgan fingerprint density at radius 3 is 2.52 bits per heavy atom. The maximum absolute atomic E-state index is 12.8. The third kappa shape index (κ3) is 2.91. The van der Waals surface area contributed by atoms with E-state index in [1.165, 1.54) is 36.2 Å². The maximum Gasteiger partial charge on any atom is 0.266 e. The number of hydrogen-bond donors (Lipinski definition) is 1. The Bertz CT molecular complexity index is 654. The van der Waals surface area contributed by atoms with Crippen LogP contribution in [0, 0.1) is 6.92 Å². The number of hydrogen-bond acceptors (Lipinski definition) is 3. The number of fused-ring (bicyclic) bond motifs is 1. The van der Waals surface area contributed by atoms with Crippen molar-refractivity contribution in [3.05, 3.63) is 28.6 Å². The molecule has 1 aromatic carbocycles. The van der Waals surface area contributed by atoms with E-state index in [1.54, 1.807) is 0 Å². The van der Waals surface area contributed by atoms with Crippen molar-refractivity contribution < 1.29 is 4.79 Å². The average molecular weight is 302 g/mol. The van der Waals surface area contributed by atoms with E-state index in [0.29, 0.717) is 5.69 Å². The molecule has 2 N–H and O–H groups in total. The van der Waals surface area contributed by atoms with Crippen LogP contribution in [0.2, 0.25) is 0 Å². The van der Waals surface area contributed by atoms with Crippen molar-refractivity contribution in [2.24, 2.45) is 0 Å². The van der Waals surface area contributed by atoms with Gasteiger partial charge < -0.3 is 10.6 Å². The Balaban J connectivity index is 1.91. The highest BCUT2D eigenvalue weighted by Gasteiger charge is 2.22. The van der Waals surface area contributed by atoms with E-state index >= 15 is 0 Å². The van der Waals surface area contributed by atoms with Gasteiger partial charge >= 0.3 is 0 Å². The fourth-order valence-electron chi connectivity index (χ4n) is 2.98. The third-order valence-electron chi connectivity index (χ3n) is 4.22. The average Bonchev–Trinajstić information content (AvgIpc) is 2.74. The van der Waals surface area contributed by atoms with Gasteiger partial charge in [-0.15, -0.1) is 11.3 Å². The first-order valence-electron chi connectivity index (χ1n) is 7.75. The summed E-state index contributed by atoms with van der Waals surface area (Å²) < 4.78 is 1.11. The zero-order chi connectivity index (χ0) is 14.8. The van der Waals surface area contributed by atoms with Gasteiger partial charge in [0.2, 0.25) is 0 Å².